The third-order valence-electron chi connectivity index (χ3n) is 4.06. The van der Waals surface area contributed by atoms with E-state index in [-0.39, 0.29) is 11.6 Å². The van der Waals surface area contributed by atoms with Gasteiger partial charge in [0.2, 0.25) is 5.78 Å². The number of fused-ring (bicyclic) bond motifs is 4. The van der Waals surface area contributed by atoms with Gasteiger partial charge in [-0.2, -0.15) is 0 Å². The first-order valence-corrected chi connectivity index (χ1v) is 6.94. The second kappa shape index (κ2) is 4.27. The van der Waals surface area contributed by atoms with E-state index in [1.165, 1.54) is 12.4 Å². The Morgan fingerprint density at radius 3 is 2.64 bits per heavy atom. The molecule has 0 saturated heterocycles. The summed E-state index contributed by atoms with van der Waals surface area (Å²) >= 11 is 0. The van der Waals surface area contributed by atoms with Crippen molar-refractivity contribution in [3.05, 3.63) is 59.0 Å². The van der Waals surface area contributed by atoms with Crippen LogP contribution < -0.4 is 4.90 Å². The Hall–Kier alpha value is -2.95. The SMILES string of the molecule is CN(C)c1ccc2[nH]c3c(c2c1)C(=O)c1cnccc1C3=O. The summed E-state index contributed by atoms with van der Waals surface area (Å²) in [5.74, 6) is -0.311. The number of carbonyl (C=O) groups is 2. The number of hydrogen-bond acceptors (Lipinski definition) is 4. The average Bonchev–Trinajstić information content (AvgIpc) is 2.91. The number of benzene rings is 1. The van der Waals surface area contributed by atoms with Gasteiger partial charge in [-0.3, -0.25) is 14.6 Å². The summed E-state index contributed by atoms with van der Waals surface area (Å²) in [6.45, 7) is 0. The minimum absolute atomic E-state index is 0.153. The molecule has 0 saturated carbocycles. The summed E-state index contributed by atoms with van der Waals surface area (Å²) in [6.07, 6.45) is 2.99. The average molecular weight is 291 g/mol. The highest BCUT2D eigenvalue weighted by Gasteiger charge is 2.33. The van der Waals surface area contributed by atoms with Crippen LogP contribution in [0.15, 0.2) is 36.7 Å². The van der Waals surface area contributed by atoms with Crippen LogP contribution in [0.25, 0.3) is 10.9 Å². The number of hydrogen-bond donors (Lipinski definition) is 1. The van der Waals surface area contributed by atoms with Crippen LogP contribution in [-0.4, -0.2) is 35.6 Å². The van der Waals surface area contributed by atoms with Crippen LogP contribution in [-0.2, 0) is 0 Å². The maximum atomic E-state index is 12.8. The van der Waals surface area contributed by atoms with Crippen LogP contribution in [0.1, 0.15) is 32.0 Å². The summed E-state index contributed by atoms with van der Waals surface area (Å²) in [6, 6.07) is 7.37. The minimum Gasteiger partial charge on any atom is -0.378 e. The second-order valence-electron chi connectivity index (χ2n) is 5.58. The van der Waals surface area contributed by atoms with Gasteiger partial charge in [-0.15, -0.1) is 0 Å². The molecule has 0 unspecified atom stereocenters. The van der Waals surface area contributed by atoms with Gasteiger partial charge in [-0.05, 0) is 24.3 Å². The van der Waals surface area contributed by atoms with Gasteiger partial charge < -0.3 is 9.88 Å². The van der Waals surface area contributed by atoms with Crippen molar-refractivity contribution >= 4 is 28.2 Å². The second-order valence-corrected chi connectivity index (χ2v) is 5.58. The number of anilines is 1. The molecule has 2 aromatic heterocycles. The first kappa shape index (κ1) is 12.8. The van der Waals surface area contributed by atoms with Crippen molar-refractivity contribution in [2.45, 2.75) is 0 Å². The molecule has 0 bridgehead atoms. The maximum absolute atomic E-state index is 12.8. The van der Waals surface area contributed by atoms with E-state index in [1.54, 1.807) is 6.07 Å². The molecule has 0 radical (unpaired) electrons. The molecule has 108 valence electrons. The number of H-pyrrole nitrogens is 1. The summed E-state index contributed by atoms with van der Waals surface area (Å²) < 4.78 is 0. The highest BCUT2D eigenvalue weighted by Crippen LogP contribution is 2.33. The van der Waals surface area contributed by atoms with Crippen LogP contribution in [0, 0.1) is 0 Å². The molecule has 1 aliphatic rings. The predicted octanol–water partition coefficient (Wildman–Crippen LogP) is 2.40. The number of nitrogens with zero attached hydrogens (tertiary/aromatic N) is 2. The molecule has 0 spiro atoms. The van der Waals surface area contributed by atoms with Crippen LogP contribution in [0.2, 0.25) is 0 Å². The summed E-state index contributed by atoms with van der Waals surface area (Å²) in [4.78, 5) is 34.4. The van der Waals surface area contributed by atoms with Crippen molar-refractivity contribution in [1.29, 1.82) is 0 Å². The monoisotopic (exact) mass is 291 g/mol. The number of aromatic nitrogens is 2. The standard InChI is InChI=1S/C17H13N3O2/c1-20(2)9-3-4-13-11(7-9)14-15(19-13)17(22)10-5-6-18-8-12(10)16(14)21/h3-8,19H,1-2H3. The number of ketones is 2. The quantitative estimate of drug-likeness (QED) is 0.585. The van der Waals surface area contributed by atoms with E-state index in [9.17, 15) is 9.59 Å². The number of aromatic amines is 1. The van der Waals surface area contributed by atoms with E-state index >= 15 is 0 Å². The highest BCUT2D eigenvalue weighted by molar-refractivity contribution is 6.32. The maximum Gasteiger partial charge on any atom is 0.210 e. The van der Waals surface area contributed by atoms with E-state index in [0.29, 0.717) is 22.4 Å². The fourth-order valence-electron chi connectivity index (χ4n) is 2.91. The molecule has 4 rings (SSSR count). The van der Waals surface area contributed by atoms with Crippen molar-refractivity contribution in [3.63, 3.8) is 0 Å². The Bertz CT molecular complexity index is 954. The zero-order chi connectivity index (χ0) is 15.4. The topological polar surface area (TPSA) is 66.1 Å². The number of carbonyl (C=O) groups excluding carboxylic acids is 2. The number of nitrogens with one attached hydrogen (secondary N) is 1. The molecular formula is C17H13N3O2. The van der Waals surface area contributed by atoms with E-state index in [2.05, 4.69) is 9.97 Å². The lowest BCUT2D eigenvalue weighted by molar-refractivity contribution is 0.0977. The highest BCUT2D eigenvalue weighted by atomic mass is 16.1. The third kappa shape index (κ3) is 1.56. The number of pyridine rings is 1. The van der Waals surface area contributed by atoms with Crippen molar-refractivity contribution in [3.8, 4) is 0 Å². The van der Waals surface area contributed by atoms with E-state index in [4.69, 9.17) is 0 Å². The zero-order valence-corrected chi connectivity index (χ0v) is 12.2. The first-order valence-electron chi connectivity index (χ1n) is 6.94. The summed E-state index contributed by atoms with van der Waals surface area (Å²) in [5, 5.41) is 0.772. The summed E-state index contributed by atoms with van der Waals surface area (Å²) in [7, 11) is 3.87. The smallest absolute Gasteiger partial charge is 0.210 e. The predicted molar refractivity (Wildman–Crippen MR) is 83.7 cm³/mol. The lowest BCUT2D eigenvalue weighted by atomic mass is 9.88. The van der Waals surface area contributed by atoms with Gasteiger partial charge in [0, 0.05) is 48.6 Å². The molecule has 3 aromatic rings. The van der Waals surface area contributed by atoms with Gasteiger partial charge in [0.05, 0.1) is 16.8 Å². The Morgan fingerprint density at radius 2 is 1.86 bits per heavy atom. The first-order chi connectivity index (χ1) is 10.6. The van der Waals surface area contributed by atoms with Gasteiger partial charge >= 0.3 is 0 Å². The molecule has 5 heteroatoms. The van der Waals surface area contributed by atoms with Gasteiger partial charge in [-0.1, -0.05) is 0 Å². The molecule has 1 aromatic carbocycles. The van der Waals surface area contributed by atoms with E-state index in [1.807, 2.05) is 37.2 Å². The van der Waals surface area contributed by atoms with Crippen LogP contribution in [0.5, 0.6) is 0 Å². The Morgan fingerprint density at radius 1 is 1.05 bits per heavy atom. The molecular weight excluding hydrogens is 278 g/mol. The fraction of sp³-hybridized carbons (Fsp3) is 0.118. The van der Waals surface area contributed by atoms with Crippen molar-refractivity contribution < 1.29 is 9.59 Å². The molecule has 0 atom stereocenters. The minimum atomic E-state index is -0.158. The molecule has 5 nitrogen and oxygen atoms in total. The van der Waals surface area contributed by atoms with Gasteiger partial charge in [-0.25, -0.2) is 0 Å². The van der Waals surface area contributed by atoms with Crippen LogP contribution >= 0.6 is 0 Å². The molecule has 2 heterocycles. The van der Waals surface area contributed by atoms with Crippen LogP contribution in [0.3, 0.4) is 0 Å². The van der Waals surface area contributed by atoms with Gasteiger partial charge in [0.25, 0.3) is 0 Å². The molecule has 0 aliphatic heterocycles. The largest absolute Gasteiger partial charge is 0.378 e. The van der Waals surface area contributed by atoms with Gasteiger partial charge in [0.15, 0.2) is 5.78 Å². The van der Waals surface area contributed by atoms with E-state index < -0.39 is 0 Å². The Balaban J connectivity index is 2.05. The van der Waals surface area contributed by atoms with Gasteiger partial charge in [0.1, 0.15) is 0 Å². The van der Waals surface area contributed by atoms with Crippen molar-refractivity contribution in [1.82, 2.24) is 9.97 Å². The molecule has 22 heavy (non-hydrogen) atoms. The Kier molecular flexibility index (Phi) is 2.48. The molecule has 1 N–H and O–H groups in total. The molecule has 0 amide bonds. The molecule has 1 aliphatic carbocycles. The third-order valence-corrected chi connectivity index (χ3v) is 4.06. The Labute approximate surface area is 126 Å². The van der Waals surface area contributed by atoms with E-state index in [0.717, 1.165) is 16.6 Å². The lowest BCUT2D eigenvalue weighted by Gasteiger charge is -2.14. The normalized spacial score (nSPS) is 13.2. The van der Waals surface area contributed by atoms with Crippen molar-refractivity contribution in [2.75, 3.05) is 19.0 Å². The van der Waals surface area contributed by atoms with Crippen LogP contribution in [0.4, 0.5) is 5.69 Å². The molecule has 0 fully saturated rings. The fourth-order valence-corrected chi connectivity index (χ4v) is 2.91. The zero-order valence-electron chi connectivity index (χ0n) is 12.2. The number of rotatable bonds is 1. The summed E-state index contributed by atoms with van der Waals surface area (Å²) in [5.41, 5.74) is 3.37. The lowest BCUT2D eigenvalue weighted by Crippen LogP contribution is -2.20. The van der Waals surface area contributed by atoms with Crippen molar-refractivity contribution in [2.24, 2.45) is 0 Å².